The maximum absolute atomic E-state index is 5.61. The molecule has 6 nitrogen and oxygen atoms in total. The molecule has 0 atom stereocenters. The lowest BCUT2D eigenvalue weighted by Crippen LogP contribution is -2.00. The zero-order chi connectivity index (χ0) is 14.9. The summed E-state index contributed by atoms with van der Waals surface area (Å²) in [6.07, 6.45) is 5.16. The van der Waals surface area contributed by atoms with E-state index in [9.17, 15) is 0 Å². The van der Waals surface area contributed by atoms with E-state index >= 15 is 0 Å². The van der Waals surface area contributed by atoms with Crippen LogP contribution in [0.4, 0.5) is 17.5 Å². The van der Waals surface area contributed by atoms with Crippen molar-refractivity contribution in [2.24, 2.45) is 4.99 Å². The number of benzene rings is 1. The summed E-state index contributed by atoms with van der Waals surface area (Å²) in [5.41, 5.74) is 9.79. The average Bonchev–Trinajstić information content (AvgIpc) is 3.18. The van der Waals surface area contributed by atoms with Crippen molar-refractivity contribution in [3.8, 4) is 11.3 Å². The van der Waals surface area contributed by atoms with Crippen LogP contribution < -0.4 is 11.1 Å². The predicted molar refractivity (Wildman–Crippen MR) is 85.2 cm³/mol. The fraction of sp³-hybridized carbons (Fsp3) is 0.0625. The zero-order valence-electron chi connectivity index (χ0n) is 11.7. The Morgan fingerprint density at radius 2 is 2.18 bits per heavy atom. The number of nitrogen functional groups attached to an aromatic ring is 1. The molecular weight excluding hydrogens is 278 g/mol. The van der Waals surface area contributed by atoms with Crippen LogP contribution in [0.2, 0.25) is 0 Å². The largest absolute Gasteiger partial charge is 0.464 e. The summed E-state index contributed by atoms with van der Waals surface area (Å²) >= 11 is 0. The number of hydrogen-bond acceptors (Lipinski definition) is 6. The van der Waals surface area contributed by atoms with Crippen LogP contribution in [0.25, 0.3) is 11.3 Å². The Morgan fingerprint density at radius 1 is 1.23 bits per heavy atom. The smallest absolute Gasteiger partial charge is 0.221 e. The maximum atomic E-state index is 5.61. The lowest BCUT2D eigenvalue weighted by atomic mass is 10.00. The van der Waals surface area contributed by atoms with Crippen LogP contribution in [0.15, 0.2) is 52.2 Å². The van der Waals surface area contributed by atoms with Crippen molar-refractivity contribution in [3.05, 3.63) is 53.9 Å². The van der Waals surface area contributed by atoms with E-state index in [1.54, 1.807) is 18.5 Å². The molecule has 0 unspecified atom stereocenters. The molecule has 0 saturated carbocycles. The SMILES string of the molecule is Nc1nccc(Nc2cc3c(c(-c4ccco4)c2)CN=C3)n1. The highest BCUT2D eigenvalue weighted by molar-refractivity contribution is 5.91. The maximum Gasteiger partial charge on any atom is 0.221 e. The molecule has 0 amide bonds. The highest BCUT2D eigenvalue weighted by Crippen LogP contribution is 2.33. The molecule has 6 heteroatoms. The van der Waals surface area contributed by atoms with Crippen LogP contribution in [0.5, 0.6) is 0 Å². The van der Waals surface area contributed by atoms with Gasteiger partial charge < -0.3 is 15.5 Å². The molecule has 0 saturated heterocycles. The minimum Gasteiger partial charge on any atom is -0.464 e. The molecular formula is C16H13N5O. The minimum atomic E-state index is 0.235. The molecule has 2 aromatic heterocycles. The standard InChI is InChI=1S/C16H13N5O/c17-16-19-4-3-15(21-16)20-11-6-10-8-18-9-13(10)12(7-11)14-2-1-5-22-14/h1-8H,9H2,(H3,17,19,20,21). The Hall–Kier alpha value is -3.15. The van der Waals surface area contributed by atoms with Crippen molar-refractivity contribution in [2.45, 2.75) is 6.54 Å². The molecule has 22 heavy (non-hydrogen) atoms. The van der Waals surface area contributed by atoms with E-state index < -0.39 is 0 Å². The van der Waals surface area contributed by atoms with Gasteiger partial charge in [0.25, 0.3) is 0 Å². The van der Waals surface area contributed by atoms with Crippen LogP contribution in [0.3, 0.4) is 0 Å². The van der Waals surface area contributed by atoms with Gasteiger partial charge in [-0.25, -0.2) is 4.98 Å². The number of fused-ring (bicyclic) bond motifs is 1. The highest BCUT2D eigenvalue weighted by Gasteiger charge is 2.16. The van der Waals surface area contributed by atoms with Gasteiger partial charge in [0, 0.05) is 29.2 Å². The lowest BCUT2D eigenvalue weighted by Gasteiger charge is -2.11. The number of anilines is 3. The van der Waals surface area contributed by atoms with Crippen molar-refractivity contribution in [3.63, 3.8) is 0 Å². The number of nitrogens with one attached hydrogen (secondary N) is 1. The fourth-order valence-corrected chi connectivity index (χ4v) is 2.54. The van der Waals surface area contributed by atoms with Crippen LogP contribution in [0, 0.1) is 0 Å². The fourth-order valence-electron chi connectivity index (χ4n) is 2.54. The van der Waals surface area contributed by atoms with Crippen molar-refractivity contribution in [2.75, 3.05) is 11.1 Å². The van der Waals surface area contributed by atoms with E-state index in [0.717, 1.165) is 22.6 Å². The van der Waals surface area contributed by atoms with Gasteiger partial charge in [-0.3, -0.25) is 4.99 Å². The molecule has 108 valence electrons. The Morgan fingerprint density at radius 3 is 3.00 bits per heavy atom. The highest BCUT2D eigenvalue weighted by atomic mass is 16.3. The van der Waals surface area contributed by atoms with E-state index in [-0.39, 0.29) is 5.95 Å². The quantitative estimate of drug-likeness (QED) is 0.774. The molecule has 0 fully saturated rings. The summed E-state index contributed by atoms with van der Waals surface area (Å²) < 4.78 is 5.54. The van der Waals surface area contributed by atoms with Crippen molar-refractivity contribution in [1.82, 2.24) is 9.97 Å². The topological polar surface area (TPSA) is 89.3 Å². The van der Waals surface area contributed by atoms with Gasteiger partial charge in [0.2, 0.25) is 5.95 Å². The number of nitrogens with two attached hydrogens (primary N) is 1. The first-order chi connectivity index (χ1) is 10.8. The number of hydrogen-bond donors (Lipinski definition) is 2. The molecule has 0 aliphatic carbocycles. The van der Waals surface area contributed by atoms with Gasteiger partial charge in [-0.1, -0.05) is 0 Å². The van der Waals surface area contributed by atoms with Crippen LogP contribution >= 0.6 is 0 Å². The van der Waals surface area contributed by atoms with E-state index in [4.69, 9.17) is 10.2 Å². The summed E-state index contributed by atoms with van der Waals surface area (Å²) in [6.45, 7) is 0.673. The Labute approximate surface area is 126 Å². The molecule has 0 bridgehead atoms. The molecule has 3 heterocycles. The molecule has 1 aliphatic heterocycles. The van der Waals surface area contributed by atoms with Gasteiger partial charge in [0.1, 0.15) is 11.6 Å². The zero-order valence-corrected chi connectivity index (χ0v) is 11.7. The second-order valence-corrected chi connectivity index (χ2v) is 4.96. The van der Waals surface area contributed by atoms with E-state index in [2.05, 4.69) is 20.3 Å². The second-order valence-electron chi connectivity index (χ2n) is 4.96. The Kier molecular flexibility index (Phi) is 2.86. The monoisotopic (exact) mass is 291 g/mol. The first-order valence-corrected chi connectivity index (χ1v) is 6.86. The van der Waals surface area contributed by atoms with Gasteiger partial charge in [0.15, 0.2) is 0 Å². The minimum absolute atomic E-state index is 0.235. The third-order valence-electron chi connectivity index (χ3n) is 3.50. The van der Waals surface area contributed by atoms with Gasteiger partial charge in [-0.15, -0.1) is 0 Å². The second kappa shape index (κ2) is 5.00. The summed E-state index contributed by atoms with van der Waals surface area (Å²) in [5.74, 6) is 1.71. The third kappa shape index (κ3) is 2.20. The molecule has 1 aromatic carbocycles. The van der Waals surface area contributed by atoms with Crippen LogP contribution in [-0.4, -0.2) is 16.2 Å². The average molecular weight is 291 g/mol. The van der Waals surface area contributed by atoms with Gasteiger partial charge in [0.05, 0.1) is 12.8 Å². The van der Waals surface area contributed by atoms with Crippen molar-refractivity contribution >= 4 is 23.7 Å². The third-order valence-corrected chi connectivity index (χ3v) is 3.50. The van der Waals surface area contributed by atoms with Crippen LogP contribution in [0.1, 0.15) is 11.1 Å². The van der Waals surface area contributed by atoms with Gasteiger partial charge in [-0.05, 0) is 35.9 Å². The first kappa shape index (κ1) is 12.6. The van der Waals surface area contributed by atoms with E-state index in [1.165, 1.54) is 5.56 Å². The molecule has 3 N–H and O–H groups in total. The number of nitrogens with zero attached hydrogens (tertiary/aromatic N) is 3. The molecule has 4 rings (SSSR count). The van der Waals surface area contributed by atoms with Crippen LogP contribution in [-0.2, 0) is 6.54 Å². The number of aliphatic imine (C=N–C) groups is 1. The van der Waals surface area contributed by atoms with Gasteiger partial charge >= 0.3 is 0 Å². The summed E-state index contributed by atoms with van der Waals surface area (Å²) in [4.78, 5) is 12.4. The molecule has 1 aliphatic rings. The lowest BCUT2D eigenvalue weighted by molar-refractivity contribution is 0.581. The van der Waals surface area contributed by atoms with E-state index in [0.29, 0.717) is 12.4 Å². The molecule has 0 spiro atoms. The normalized spacial score (nSPS) is 12.4. The molecule has 0 radical (unpaired) electrons. The van der Waals surface area contributed by atoms with Gasteiger partial charge in [-0.2, -0.15) is 4.98 Å². The van der Waals surface area contributed by atoms with E-state index in [1.807, 2.05) is 30.5 Å². The molecule has 3 aromatic rings. The number of furan rings is 1. The number of aromatic nitrogens is 2. The number of rotatable bonds is 3. The summed E-state index contributed by atoms with van der Waals surface area (Å²) in [6, 6.07) is 9.66. The summed E-state index contributed by atoms with van der Waals surface area (Å²) in [7, 11) is 0. The first-order valence-electron chi connectivity index (χ1n) is 6.86. The Bertz CT molecular complexity index is 855. The summed E-state index contributed by atoms with van der Waals surface area (Å²) in [5, 5.41) is 3.24. The predicted octanol–water partition coefficient (Wildman–Crippen LogP) is 2.99. The Balaban J connectivity index is 1.77. The van der Waals surface area contributed by atoms with Crippen molar-refractivity contribution < 1.29 is 4.42 Å². The van der Waals surface area contributed by atoms with Crippen molar-refractivity contribution in [1.29, 1.82) is 0 Å².